The number of ether oxygens (including phenoxy) is 4. The zero-order valence-corrected chi connectivity index (χ0v) is 15.7. The van der Waals surface area contributed by atoms with Crippen LogP contribution in [0.2, 0.25) is 0 Å². The fourth-order valence-electron chi connectivity index (χ4n) is 4.33. The Morgan fingerprint density at radius 2 is 1.38 bits per heavy atom. The standard InChI is InChI=1S/C21H22O4S/c1-12-22-19(23-12)21(20-24-13(2)25-20)10-15-8-17(14-6-4-3-5-7-14)18(26)9-16(15)11-21/h3-9,12-13,19-20,26H,10-11H2,1-2H3. The van der Waals surface area contributed by atoms with Crippen LogP contribution >= 0.6 is 12.6 Å². The molecule has 0 N–H and O–H groups in total. The summed E-state index contributed by atoms with van der Waals surface area (Å²) in [6.07, 6.45) is 0.679. The van der Waals surface area contributed by atoms with Crippen LogP contribution < -0.4 is 0 Å². The Bertz CT molecular complexity index is 807. The summed E-state index contributed by atoms with van der Waals surface area (Å²) in [5.74, 6) is 0. The summed E-state index contributed by atoms with van der Waals surface area (Å²) in [6, 6.07) is 14.8. The Morgan fingerprint density at radius 3 is 1.92 bits per heavy atom. The van der Waals surface area contributed by atoms with Crippen LogP contribution in [0.15, 0.2) is 47.4 Å². The summed E-state index contributed by atoms with van der Waals surface area (Å²) in [5, 5.41) is 0. The van der Waals surface area contributed by atoms with E-state index in [1.807, 2.05) is 19.9 Å². The number of rotatable bonds is 3. The Kier molecular flexibility index (Phi) is 3.92. The van der Waals surface area contributed by atoms with Crippen LogP contribution in [0.1, 0.15) is 25.0 Å². The van der Waals surface area contributed by atoms with Crippen molar-refractivity contribution in [2.45, 2.75) is 56.7 Å². The van der Waals surface area contributed by atoms with E-state index in [9.17, 15) is 0 Å². The fourth-order valence-corrected chi connectivity index (χ4v) is 4.68. The van der Waals surface area contributed by atoms with E-state index in [0.29, 0.717) is 0 Å². The highest BCUT2D eigenvalue weighted by Gasteiger charge is 2.59. The highest BCUT2D eigenvalue weighted by atomic mass is 32.1. The van der Waals surface area contributed by atoms with Crippen molar-refractivity contribution in [3.63, 3.8) is 0 Å². The molecule has 2 fully saturated rings. The fraction of sp³-hybridized carbons (Fsp3) is 0.429. The number of hydrogen-bond donors (Lipinski definition) is 1. The van der Waals surface area contributed by atoms with Gasteiger partial charge in [0.25, 0.3) is 0 Å². The molecule has 0 spiro atoms. The number of hydrogen-bond acceptors (Lipinski definition) is 5. The van der Waals surface area contributed by atoms with E-state index in [4.69, 9.17) is 31.6 Å². The smallest absolute Gasteiger partial charge is 0.174 e. The minimum absolute atomic E-state index is 0.168. The molecule has 5 heteroatoms. The Balaban J connectivity index is 1.51. The van der Waals surface area contributed by atoms with Crippen LogP contribution in [-0.4, -0.2) is 25.2 Å². The molecule has 1 aliphatic carbocycles. The predicted octanol–water partition coefficient (Wildman–Crippen LogP) is 4.17. The first kappa shape index (κ1) is 16.8. The third kappa shape index (κ3) is 2.53. The van der Waals surface area contributed by atoms with Gasteiger partial charge in [0.1, 0.15) is 0 Å². The number of thiol groups is 1. The minimum Gasteiger partial charge on any atom is -0.323 e. The molecule has 136 valence electrons. The lowest BCUT2D eigenvalue weighted by atomic mass is 9.81. The third-order valence-electron chi connectivity index (χ3n) is 5.64. The van der Waals surface area contributed by atoms with E-state index in [1.54, 1.807) is 0 Å². The summed E-state index contributed by atoms with van der Waals surface area (Å²) < 4.78 is 23.6. The van der Waals surface area contributed by atoms with E-state index in [2.05, 4.69) is 36.4 Å². The maximum Gasteiger partial charge on any atom is 0.174 e. The van der Waals surface area contributed by atoms with Crippen LogP contribution in [0.25, 0.3) is 11.1 Å². The van der Waals surface area contributed by atoms with Gasteiger partial charge in [-0.2, -0.15) is 0 Å². The van der Waals surface area contributed by atoms with Crippen molar-refractivity contribution in [3.8, 4) is 11.1 Å². The van der Waals surface area contributed by atoms with E-state index in [1.165, 1.54) is 16.7 Å². The SMILES string of the molecule is CC1OC(C2(C3OC(C)O3)Cc3cc(S)c(-c4ccccc4)cc3C2)O1. The molecular formula is C21H22O4S. The highest BCUT2D eigenvalue weighted by Crippen LogP contribution is 2.52. The van der Waals surface area contributed by atoms with Crippen molar-refractivity contribution in [2.24, 2.45) is 5.41 Å². The van der Waals surface area contributed by atoms with Crippen LogP contribution in [-0.2, 0) is 31.8 Å². The van der Waals surface area contributed by atoms with E-state index in [-0.39, 0.29) is 30.6 Å². The minimum atomic E-state index is -0.336. The molecule has 2 saturated heterocycles. The Morgan fingerprint density at radius 1 is 0.846 bits per heavy atom. The Hall–Kier alpha value is -1.37. The van der Waals surface area contributed by atoms with Crippen molar-refractivity contribution in [1.82, 2.24) is 0 Å². The van der Waals surface area contributed by atoms with Gasteiger partial charge in [-0.05, 0) is 61.1 Å². The molecule has 2 aromatic rings. The molecule has 0 saturated carbocycles. The largest absolute Gasteiger partial charge is 0.323 e. The summed E-state index contributed by atoms with van der Waals surface area (Å²) >= 11 is 4.75. The second kappa shape index (κ2) is 6.08. The van der Waals surface area contributed by atoms with Gasteiger partial charge in [-0.1, -0.05) is 30.3 Å². The molecular weight excluding hydrogens is 348 g/mol. The van der Waals surface area contributed by atoms with Gasteiger partial charge >= 0.3 is 0 Å². The first-order chi connectivity index (χ1) is 12.5. The molecule has 2 heterocycles. The van der Waals surface area contributed by atoms with Crippen molar-refractivity contribution in [1.29, 1.82) is 0 Å². The summed E-state index contributed by atoms with van der Waals surface area (Å²) in [7, 11) is 0. The molecule has 0 radical (unpaired) electrons. The molecule has 0 bridgehead atoms. The normalized spacial score (nSPS) is 35.5. The molecule has 5 rings (SSSR count). The zero-order chi connectivity index (χ0) is 17.9. The summed E-state index contributed by atoms with van der Waals surface area (Å²) in [6.45, 7) is 3.83. The van der Waals surface area contributed by atoms with Crippen molar-refractivity contribution < 1.29 is 18.9 Å². The van der Waals surface area contributed by atoms with Gasteiger partial charge in [-0.25, -0.2) is 0 Å². The lowest BCUT2D eigenvalue weighted by Crippen LogP contribution is -2.62. The molecule has 26 heavy (non-hydrogen) atoms. The average molecular weight is 370 g/mol. The lowest BCUT2D eigenvalue weighted by Gasteiger charge is -2.52. The Labute approximate surface area is 158 Å². The maximum atomic E-state index is 5.89. The van der Waals surface area contributed by atoms with E-state index >= 15 is 0 Å². The van der Waals surface area contributed by atoms with Crippen LogP contribution in [0.4, 0.5) is 0 Å². The molecule has 4 nitrogen and oxygen atoms in total. The second-order valence-corrected chi connectivity index (χ2v) is 7.92. The summed E-state index contributed by atoms with van der Waals surface area (Å²) in [4.78, 5) is 0.985. The van der Waals surface area contributed by atoms with Crippen molar-refractivity contribution in [2.75, 3.05) is 0 Å². The monoisotopic (exact) mass is 370 g/mol. The van der Waals surface area contributed by atoms with Crippen LogP contribution in [0, 0.1) is 5.41 Å². The lowest BCUT2D eigenvalue weighted by molar-refractivity contribution is -0.479. The zero-order valence-electron chi connectivity index (χ0n) is 14.8. The molecule has 3 aliphatic rings. The van der Waals surface area contributed by atoms with Gasteiger partial charge in [-0.3, -0.25) is 0 Å². The molecule has 2 aliphatic heterocycles. The third-order valence-corrected chi connectivity index (χ3v) is 6.01. The number of benzene rings is 2. The topological polar surface area (TPSA) is 36.9 Å². The van der Waals surface area contributed by atoms with E-state index < -0.39 is 0 Å². The molecule has 0 unspecified atom stereocenters. The van der Waals surface area contributed by atoms with Crippen LogP contribution in [0.5, 0.6) is 0 Å². The molecule has 2 aromatic carbocycles. The van der Waals surface area contributed by atoms with Gasteiger partial charge in [0.2, 0.25) is 0 Å². The quantitative estimate of drug-likeness (QED) is 0.823. The van der Waals surface area contributed by atoms with Crippen molar-refractivity contribution >= 4 is 12.6 Å². The first-order valence-electron chi connectivity index (χ1n) is 9.07. The average Bonchev–Trinajstić information content (AvgIpc) is 2.95. The summed E-state index contributed by atoms with van der Waals surface area (Å²) in [5.41, 5.74) is 4.55. The molecule has 0 atom stereocenters. The molecule has 0 aromatic heterocycles. The first-order valence-corrected chi connectivity index (χ1v) is 9.52. The van der Waals surface area contributed by atoms with Crippen molar-refractivity contribution in [3.05, 3.63) is 53.6 Å². The number of fused-ring (bicyclic) bond motifs is 1. The van der Waals surface area contributed by atoms with Gasteiger partial charge in [0.15, 0.2) is 25.2 Å². The maximum absolute atomic E-state index is 5.89. The van der Waals surface area contributed by atoms with Gasteiger partial charge in [0.05, 0.1) is 5.41 Å². The predicted molar refractivity (Wildman–Crippen MR) is 99.8 cm³/mol. The van der Waals surface area contributed by atoms with Gasteiger partial charge < -0.3 is 18.9 Å². The van der Waals surface area contributed by atoms with E-state index in [0.717, 1.165) is 23.3 Å². The van der Waals surface area contributed by atoms with Crippen LogP contribution in [0.3, 0.4) is 0 Å². The second-order valence-electron chi connectivity index (χ2n) is 7.43. The van der Waals surface area contributed by atoms with Gasteiger partial charge in [-0.15, -0.1) is 12.6 Å². The highest BCUT2D eigenvalue weighted by molar-refractivity contribution is 7.80. The van der Waals surface area contributed by atoms with Gasteiger partial charge in [0, 0.05) is 4.90 Å². The molecule has 0 amide bonds.